The lowest BCUT2D eigenvalue weighted by Crippen LogP contribution is -2.52. The monoisotopic (exact) mass is 168 g/mol. The van der Waals surface area contributed by atoms with Gasteiger partial charge in [-0.3, -0.25) is 0 Å². The minimum absolute atomic E-state index is 0.859. The van der Waals surface area contributed by atoms with Crippen LogP contribution in [0.5, 0.6) is 0 Å². The van der Waals surface area contributed by atoms with Crippen LogP contribution in [-0.2, 0) is 0 Å². The predicted molar refractivity (Wildman–Crippen MR) is 51.3 cm³/mol. The molecule has 2 fully saturated rings. The van der Waals surface area contributed by atoms with Crippen molar-refractivity contribution in [1.29, 1.82) is 0 Å². The van der Waals surface area contributed by atoms with E-state index in [1.165, 1.54) is 38.9 Å². The molecule has 0 aliphatic carbocycles. The van der Waals surface area contributed by atoms with Gasteiger partial charge in [0.15, 0.2) is 0 Å². The number of hydrogen-bond acceptors (Lipinski definition) is 2. The molecule has 0 saturated carbocycles. The van der Waals surface area contributed by atoms with E-state index in [2.05, 4.69) is 23.9 Å². The summed E-state index contributed by atoms with van der Waals surface area (Å²) < 4.78 is 0. The summed E-state index contributed by atoms with van der Waals surface area (Å²) in [6.45, 7) is 3.92. The van der Waals surface area contributed by atoms with Gasteiger partial charge in [0.25, 0.3) is 0 Å². The fraction of sp³-hybridized carbons (Fsp3) is 1.00. The molecule has 0 N–H and O–H groups in total. The molecule has 70 valence electrons. The lowest BCUT2D eigenvalue weighted by atomic mass is 9.84. The average Bonchev–Trinajstić information content (AvgIpc) is 2.07. The fourth-order valence-corrected chi connectivity index (χ4v) is 2.74. The Balaban J connectivity index is 2.00. The van der Waals surface area contributed by atoms with Gasteiger partial charge in [-0.05, 0) is 52.4 Å². The summed E-state index contributed by atoms with van der Waals surface area (Å²) >= 11 is 0. The van der Waals surface area contributed by atoms with Gasteiger partial charge in [0, 0.05) is 12.6 Å². The molecule has 12 heavy (non-hydrogen) atoms. The van der Waals surface area contributed by atoms with Gasteiger partial charge in [-0.1, -0.05) is 0 Å². The van der Waals surface area contributed by atoms with Crippen LogP contribution in [0.1, 0.15) is 19.3 Å². The topological polar surface area (TPSA) is 6.48 Å². The van der Waals surface area contributed by atoms with E-state index >= 15 is 0 Å². The summed E-state index contributed by atoms with van der Waals surface area (Å²) in [4.78, 5) is 5.03. The van der Waals surface area contributed by atoms with Gasteiger partial charge in [-0.25, -0.2) is 0 Å². The Morgan fingerprint density at radius 3 is 2.75 bits per heavy atom. The first-order chi connectivity index (χ1) is 5.77. The van der Waals surface area contributed by atoms with Crippen molar-refractivity contribution in [2.24, 2.45) is 5.92 Å². The minimum atomic E-state index is 0.859. The van der Waals surface area contributed by atoms with Gasteiger partial charge in [-0.2, -0.15) is 0 Å². The second-order valence-corrected chi connectivity index (χ2v) is 4.50. The molecule has 2 aliphatic heterocycles. The number of likely N-dealkylation sites (N-methyl/N-ethyl adjacent to an activating group) is 2. The van der Waals surface area contributed by atoms with Crippen LogP contribution in [0.3, 0.4) is 0 Å². The van der Waals surface area contributed by atoms with Crippen molar-refractivity contribution >= 4 is 0 Å². The van der Waals surface area contributed by atoms with E-state index in [1.807, 2.05) is 0 Å². The van der Waals surface area contributed by atoms with Gasteiger partial charge < -0.3 is 9.80 Å². The fourth-order valence-electron chi connectivity index (χ4n) is 2.74. The second-order valence-electron chi connectivity index (χ2n) is 4.50. The van der Waals surface area contributed by atoms with Gasteiger partial charge in [0.05, 0.1) is 0 Å². The van der Waals surface area contributed by atoms with Crippen LogP contribution in [0.25, 0.3) is 0 Å². The van der Waals surface area contributed by atoms with Crippen LogP contribution in [0.2, 0.25) is 0 Å². The molecular formula is C10H20N2. The summed E-state index contributed by atoms with van der Waals surface area (Å²) in [5.74, 6) is 1.000. The molecule has 0 aromatic heterocycles. The average molecular weight is 168 g/mol. The maximum absolute atomic E-state index is 2.56. The van der Waals surface area contributed by atoms with Crippen molar-refractivity contribution in [2.45, 2.75) is 25.3 Å². The van der Waals surface area contributed by atoms with Crippen LogP contribution >= 0.6 is 0 Å². The summed E-state index contributed by atoms with van der Waals surface area (Å²) in [6.07, 6.45) is 4.32. The smallest absolute Gasteiger partial charge is 0.0248 e. The number of nitrogens with zero attached hydrogens (tertiary/aromatic N) is 2. The molecule has 2 nitrogen and oxygen atoms in total. The third-order valence-corrected chi connectivity index (χ3v) is 3.58. The Bertz CT molecular complexity index is 158. The van der Waals surface area contributed by atoms with Crippen LogP contribution in [0, 0.1) is 5.92 Å². The third kappa shape index (κ3) is 1.50. The summed E-state index contributed by atoms with van der Waals surface area (Å²) in [7, 11) is 4.54. The number of hydrogen-bond donors (Lipinski definition) is 0. The zero-order valence-electron chi connectivity index (χ0n) is 8.29. The third-order valence-electron chi connectivity index (χ3n) is 3.58. The second kappa shape index (κ2) is 3.35. The number of fused-ring (bicyclic) bond motifs is 1. The number of piperidine rings is 2. The Morgan fingerprint density at radius 1 is 1.08 bits per heavy atom. The van der Waals surface area contributed by atoms with E-state index in [1.54, 1.807) is 0 Å². The standard InChI is InChI=1S/C10H20N2/c1-11-7-5-9-4-3-6-12(2)10(9)8-11/h9-10H,3-8H2,1-2H3. The van der Waals surface area contributed by atoms with Gasteiger partial charge in [-0.15, -0.1) is 0 Å². The van der Waals surface area contributed by atoms with Crippen molar-refractivity contribution in [2.75, 3.05) is 33.7 Å². The lowest BCUT2D eigenvalue weighted by Gasteiger charge is -2.45. The molecule has 2 heteroatoms. The predicted octanol–water partition coefficient (Wildman–Crippen LogP) is 1.03. The molecular weight excluding hydrogens is 148 g/mol. The molecule has 0 aromatic carbocycles. The summed E-state index contributed by atoms with van der Waals surface area (Å²) in [5, 5.41) is 0. The Hall–Kier alpha value is -0.0800. The highest BCUT2D eigenvalue weighted by molar-refractivity contribution is 4.88. The van der Waals surface area contributed by atoms with E-state index in [9.17, 15) is 0 Å². The molecule has 0 spiro atoms. The largest absolute Gasteiger partial charge is 0.305 e. The Morgan fingerprint density at radius 2 is 1.92 bits per heavy atom. The highest BCUT2D eigenvalue weighted by Gasteiger charge is 2.32. The quantitative estimate of drug-likeness (QED) is 0.533. The number of rotatable bonds is 0. The van der Waals surface area contributed by atoms with Crippen molar-refractivity contribution < 1.29 is 0 Å². The molecule has 2 aliphatic rings. The normalized spacial score (nSPS) is 39.5. The van der Waals surface area contributed by atoms with Gasteiger partial charge in [0.2, 0.25) is 0 Å². The van der Waals surface area contributed by atoms with Crippen molar-refractivity contribution in [1.82, 2.24) is 9.80 Å². The van der Waals surface area contributed by atoms with E-state index in [4.69, 9.17) is 0 Å². The highest BCUT2D eigenvalue weighted by Crippen LogP contribution is 2.28. The molecule has 0 bridgehead atoms. The molecule has 0 amide bonds. The van der Waals surface area contributed by atoms with Crippen LogP contribution in [0.4, 0.5) is 0 Å². The molecule has 2 heterocycles. The molecule has 2 unspecified atom stereocenters. The minimum Gasteiger partial charge on any atom is -0.305 e. The summed E-state index contributed by atoms with van der Waals surface area (Å²) in [5.41, 5.74) is 0. The van der Waals surface area contributed by atoms with Gasteiger partial charge >= 0.3 is 0 Å². The molecule has 2 saturated heterocycles. The first-order valence-electron chi connectivity index (χ1n) is 5.16. The molecule has 2 rings (SSSR count). The summed E-state index contributed by atoms with van der Waals surface area (Å²) in [6, 6.07) is 0.859. The molecule has 2 atom stereocenters. The number of likely N-dealkylation sites (tertiary alicyclic amines) is 2. The molecule has 0 aromatic rings. The van der Waals surface area contributed by atoms with Crippen molar-refractivity contribution in [3.05, 3.63) is 0 Å². The van der Waals surface area contributed by atoms with Crippen LogP contribution < -0.4 is 0 Å². The zero-order chi connectivity index (χ0) is 8.55. The van der Waals surface area contributed by atoms with E-state index < -0.39 is 0 Å². The lowest BCUT2D eigenvalue weighted by molar-refractivity contribution is 0.0474. The van der Waals surface area contributed by atoms with Crippen LogP contribution in [0.15, 0.2) is 0 Å². The maximum atomic E-state index is 2.56. The Labute approximate surface area is 75.5 Å². The Kier molecular flexibility index (Phi) is 2.37. The van der Waals surface area contributed by atoms with E-state index in [-0.39, 0.29) is 0 Å². The van der Waals surface area contributed by atoms with E-state index in [0.717, 1.165) is 12.0 Å². The zero-order valence-corrected chi connectivity index (χ0v) is 8.29. The van der Waals surface area contributed by atoms with Gasteiger partial charge in [0.1, 0.15) is 0 Å². The maximum Gasteiger partial charge on any atom is 0.0248 e. The SMILES string of the molecule is CN1CCC2CCCN(C)C2C1. The molecule has 0 radical (unpaired) electrons. The van der Waals surface area contributed by atoms with Crippen molar-refractivity contribution in [3.63, 3.8) is 0 Å². The van der Waals surface area contributed by atoms with Crippen molar-refractivity contribution in [3.8, 4) is 0 Å². The first kappa shape index (κ1) is 8.52. The van der Waals surface area contributed by atoms with Crippen LogP contribution in [-0.4, -0.2) is 49.6 Å². The highest BCUT2D eigenvalue weighted by atomic mass is 15.2. The van der Waals surface area contributed by atoms with E-state index in [0.29, 0.717) is 0 Å². The first-order valence-corrected chi connectivity index (χ1v) is 5.16.